The van der Waals surface area contributed by atoms with Crippen molar-refractivity contribution >= 4 is 27.9 Å². The van der Waals surface area contributed by atoms with Crippen molar-refractivity contribution in [2.24, 2.45) is 0 Å². The van der Waals surface area contributed by atoms with Crippen molar-refractivity contribution in [1.29, 1.82) is 0 Å². The Morgan fingerprint density at radius 1 is 1.10 bits per heavy atom. The zero-order valence-corrected chi connectivity index (χ0v) is 13.9. The van der Waals surface area contributed by atoms with Crippen LogP contribution in [0.3, 0.4) is 0 Å². The van der Waals surface area contributed by atoms with E-state index >= 15 is 0 Å². The lowest BCUT2D eigenvalue weighted by molar-refractivity contribution is -0.151. The molecule has 5 heteroatoms. The Hall–Kier alpha value is -1.36. The van der Waals surface area contributed by atoms with E-state index in [1.54, 1.807) is 0 Å². The standard InChI is InChI=1S/C16H21BrO4/c1-2-3-4-10-20-15(18)8-9-16(19)21-12-13-6-5-7-14(17)11-13/h5-7,11H,2-4,8-10,12H2,1H3. The van der Waals surface area contributed by atoms with Crippen molar-refractivity contribution in [2.45, 2.75) is 45.6 Å². The predicted molar refractivity (Wildman–Crippen MR) is 83.7 cm³/mol. The van der Waals surface area contributed by atoms with Crippen LogP contribution < -0.4 is 0 Å². The smallest absolute Gasteiger partial charge is 0.306 e. The molecule has 0 aliphatic heterocycles. The highest BCUT2D eigenvalue weighted by Crippen LogP contribution is 2.12. The average molecular weight is 357 g/mol. The molecular formula is C16H21BrO4. The maximum absolute atomic E-state index is 11.5. The Bertz CT molecular complexity index is 459. The third kappa shape index (κ3) is 8.50. The van der Waals surface area contributed by atoms with Gasteiger partial charge >= 0.3 is 11.9 Å². The number of esters is 2. The highest BCUT2D eigenvalue weighted by molar-refractivity contribution is 9.10. The maximum Gasteiger partial charge on any atom is 0.306 e. The van der Waals surface area contributed by atoms with Gasteiger partial charge in [0.2, 0.25) is 0 Å². The molecule has 1 aromatic carbocycles. The second-order valence-electron chi connectivity index (χ2n) is 4.72. The van der Waals surface area contributed by atoms with Crippen LogP contribution in [0.2, 0.25) is 0 Å². The summed E-state index contributed by atoms with van der Waals surface area (Å²) in [5.41, 5.74) is 0.903. The predicted octanol–water partition coefficient (Wildman–Crippen LogP) is 4.01. The molecule has 21 heavy (non-hydrogen) atoms. The molecule has 1 rings (SSSR count). The minimum Gasteiger partial charge on any atom is -0.466 e. The van der Waals surface area contributed by atoms with Crippen molar-refractivity contribution in [3.63, 3.8) is 0 Å². The Balaban J connectivity index is 2.15. The molecule has 0 amide bonds. The van der Waals surface area contributed by atoms with Crippen molar-refractivity contribution in [2.75, 3.05) is 6.61 Å². The van der Waals surface area contributed by atoms with Crippen LogP contribution in [0.5, 0.6) is 0 Å². The zero-order chi connectivity index (χ0) is 15.5. The average Bonchev–Trinajstić information content (AvgIpc) is 2.47. The first kappa shape index (κ1) is 17.7. The summed E-state index contributed by atoms with van der Waals surface area (Å²) in [6.45, 7) is 2.73. The van der Waals surface area contributed by atoms with Crippen LogP contribution in [0.1, 0.15) is 44.6 Å². The molecule has 0 radical (unpaired) electrons. The third-order valence-electron chi connectivity index (χ3n) is 2.83. The topological polar surface area (TPSA) is 52.6 Å². The molecule has 0 spiro atoms. The van der Waals surface area contributed by atoms with E-state index in [1.807, 2.05) is 24.3 Å². The van der Waals surface area contributed by atoms with Gasteiger partial charge in [0, 0.05) is 4.47 Å². The molecule has 0 saturated heterocycles. The molecular weight excluding hydrogens is 336 g/mol. The van der Waals surface area contributed by atoms with Crippen LogP contribution in [0.25, 0.3) is 0 Å². The van der Waals surface area contributed by atoms with Gasteiger partial charge in [0.25, 0.3) is 0 Å². The van der Waals surface area contributed by atoms with Gasteiger partial charge in [0.05, 0.1) is 19.4 Å². The van der Waals surface area contributed by atoms with Crippen LogP contribution in [0, 0.1) is 0 Å². The molecule has 0 N–H and O–H groups in total. The SMILES string of the molecule is CCCCCOC(=O)CCC(=O)OCc1cccc(Br)c1. The molecule has 0 aliphatic carbocycles. The molecule has 1 aromatic rings. The van der Waals surface area contributed by atoms with Gasteiger partial charge in [-0.15, -0.1) is 0 Å². The van der Waals surface area contributed by atoms with Crippen LogP contribution in [0.4, 0.5) is 0 Å². The maximum atomic E-state index is 11.5. The fourth-order valence-electron chi connectivity index (χ4n) is 1.68. The molecule has 0 aliphatic rings. The summed E-state index contributed by atoms with van der Waals surface area (Å²) in [6.07, 6.45) is 3.13. The Labute approximate surface area is 133 Å². The summed E-state index contributed by atoms with van der Waals surface area (Å²) in [7, 11) is 0. The number of halogens is 1. The third-order valence-corrected chi connectivity index (χ3v) is 3.33. The van der Waals surface area contributed by atoms with Gasteiger partial charge < -0.3 is 9.47 Å². The van der Waals surface area contributed by atoms with Gasteiger partial charge in [-0.3, -0.25) is 9.59 Å². The van der Waals surface area contributed by atoms with E-state index in [0.29, 0.717) is 6.61 Å². The first-order valence-corrected chi connectivity index (χ1v) is 7.96. The first-order valence-electron chi connectivity index (χ1n) is 7.17. The Morgan fingerprint density at radius 2 is 1.81 bits per heavy atom. The van der Waals surface area contributed by atoms with E-state index in [0.717, 1.165) is 29.3 Å². The van der Waals surface area contributed by atoms with Crippen LogP contribution in [-0.4, -0.2) is 18.5 Å². The molecule has 0 aromatic heterocycles. The molecule has 0 atom stereocenters. The van der Waals surface area contributed by atoms with E-state index in [-0.39, 0.29) is 31.4 Å². The fourth-order valence-corrected chi connectivity index (χ4v) is 2.12. The van der Waals surface area contributed by atoms with E-state index in [4.69, 9.17) is 9.47 Å². The van der Waals surface area contributed by atoms with Gasteiger partial charge in [-0.2, -0.15) is 0 Å². The highest BCUT2D eigenvalue weighted by atomic mass is 79.9. The number of unbranched alkanes of at least 4 members (excludes halogenated alkanes) is 2. The summed E-state index contributed by atoms with van der Waals surface area (Å²) in [5, 5.41) is 0. The van der Waals surface area contributed by atoms with E-state index in [2.05, 4.69) is 22.9 Å². The number of carbonyl (C=O) groups excluding carboxylic acids is 2. The summed E-state index contributed by atoms with van der Waals surface area (Å²) in [5.74, 6) is -0.731. The number of hydrogen-bond acceptors (Lipinski definition) is 4. The lowest BCUT2D eigenvalue weighted by Crippen LogP contribution is -2.11. The molecule has 0 heterocycles. The Morgan fingerprint density at radius 3 is 2.48 bits per heavy atom. The molecule has 4 nitrogen and oxygen atoms in total. The molecule has 116 valence electrons. The van der Waals surface area contributed by atoms with Crippen LogP contribution >= 0.6 is 15.9 Å². The highest BCUT2D eigenvalue weighted by Gasteiger charge is 2.09. The van der Waals surface area contributed by atoms with Crippen LogP contribution in [-0.2, 0) is 25.7 Å². The molecule has 0 saturated carbocycles. The number of benzene rings is 1. The minimum atomic E-state index is -0.388. The Kier molecular flexibility index (Phi) is 8.74. The minimum absolute atomic E-state index is 0.0562. The van der Waals surface area contributed by atoms with Crippen molar-refractivity contribution in [3.8, 4) is 0 Å². The normalized spacial score (nSPS) is 10.2. The molecule has 0 fully saturated rings. The second-order valence-corrected chi connectivity index (χ2v) is 5.63. The zero-order valence-electron chi connectivity index (χ0n) is 12.3. The van der Waals surface area contributed by atoms with E-state index < -0.39 is 0 Å². The number of hydrogen-bond donors (Lipinski definition) is 0. The quantitative estimate of drug-likeness (QED) is 0.495. The van der Waals surface area contributed by atoms with E-state index in [9.17, 15) is 9.59 Å². The van der Waals surface area contributed by atoms with Gasteiger partial charge in [-0.1, -0.05) is 47.8 Å². The van der Waals surface area contributed by atoms with Gasteiger partial charge in [0.1, 0.15) is 6.61 Å². The monoisotopic (exact) mass is 356 g/mol. The lowest BCUT2D eigenvalue weighted by atomic mass is 10.2. The summed E-state index contributed by atoms with van der Waals surface area (Å²) in [6, 6.07) is 7.54. The van der Waals surface area contributed by atoms with Gasteiger partial charge in [-0.25, -0.2) is 0 Å². The summed E-state index contributed by atoms with van der Waals surface area (Å²) >= 11 is 3.35. The number of ether oxygens (including phenoxy) is 2. The van der Waals surface area contributed by atoms with Crippen molar-refractivity contribution in [1.82, 2.24) is 0 Å². The fraction of sp³-hybridized carbons (Fsp3) is 0.500. The molecule has 0 unspecified atom stereocenters. The number of carbonyl (C=O) groups is 2. The van der Waals surface area contributed by atoms with Crippen LogP contribution in [0.15, 0.2) is 28.7 Å². The van der Waals surface area contributed by atoms with Crippen molar-refractivity contribution in [3.05, 3.63) is 34.3 Å². The molecule has 0 bridgehead atoms. The van der Waals surface area contributed by atoms with Gasteiger partial charge in [0.15, 0.2) is 0 Å². The number of rotatable bonds is 9. The first-order chi connectivity index (χ1) is 10.1. The second kappa shape index (κ2) is 10.4. The van der Waals surface area contributed by atoms with Crippen molar-refractivity contribution < 1.29 is 19.1 Å². The van der Waals surface area contributed by atoms with E-state index in [1.165, 1.54) is 0 Å². The summed E-state index contributed by atoms with van der Waals surface area (Å²) < 4.78 is 11.1. The van der Waals surface area contributed by atoms with Gasteiger partial charge in [-0.05, 0) is 24.1 Å². The largest absolute Gasteiger partial charge is 0.466 e. The lowest BCUT2D eigenvalue weighted by Gasteiger charge is -2.06. The summed E-state index contributed by atoms with van der Waals surface area (Å²) in [4.78, 5) is 22.9.